The van der Waals surface area contributed by atoms with Crippen LogP contribution in [0.15, 0.2) is 30.6 Å². The number of nitrogens with one attached hydrogen (secondary N) is 1. The summed E-state index contributed by atoms with van der Waals surface area (Å²) < 4.78 is 1.75. The highest BCUT2D eigenvalue weighted by atomic mass is 15.2. The largest absolute Gasteiger partial charge is 0.398 e. The normalized spacial score (nSPS) is 10.2. The third kappa shape index (κ3) is 1.74. The minimum absolute atomic E-state index is 0.623. The van der Waals surface area contributed by atoms with E-state index in [2.05, 4.69) is 5.10 Å². The summed E-state index contributed by atoms with van der Waals surface area (Å²) in [7, 11) is 1.87. The average molecular weight is 200 g/mol. The Morgan fingerprint density at radius 2 is 2.20 bits per heavy atom. The van der Waals surface area contributed by atoms with Crippen LogP contribution >= 0.6 is 0 Å². The van der Waals surface area contributed by atoms with Crippen LogP contribution in [0.3, 0.4) is 0 Å². The van der Waals surface area contributed by atoms with E-state index in [0.29, 0.717) is 5.69 Å². The molecule has 0 amide bonds. The topological polar surface area (TPSA) is 67.7 Å². The summed E-state index contributed by atoms with van der Waals surface area (Å²) in [6.45, 7) is 0. The number of anilines is 1. The second-order valence-corrected chi connectivity index (χ2v) is 3.39. The van der Waals surface area contributed by atoms with Gasteiger partial charge in [-0.2, -0.15) is 5.10 Å². The highest BCUT2D eigenvalue weighted by molar-refractivity contribution is 5.87. The van der Waals surface area contributed by atoms with Crippen molar-refractivity contribution >= 4 is 11.9 Å². The molecule has 4 nitrogen and oxygen atoms in total. The first-order chi connectivity index (χ1) is 7.20. The van der Waals surface area contributed by atoms with Gasteiger partial charge in [0.25, 0.3) is 0 Å². The molecule has 0 unspecified atom stereocenters. The van der Waals surface area contributed by atoms with Crippen LogP contribution in [0, 0.1) is 5.41 Å². The lowest BCUT2D eigenvalue weighted by atomic mass is 10.1. The quantitative estimate of drug-likeness (QED) is 0.572. The van der Waals surface area contributed by atoms with Crippen molar-refractivity contribution in [3.8, 4) is 11.1 Å². The lowest BCUT2D eigenvalue weighted by Crippen LogP contribution is -1.92. The molecule has 1 aromatic carbocycles. The molecule has 0 spiro atoms. The molecule has 0 aliphatic carbocycles. The number of nitrogens with two attached hydrogens (primary N) is 1. The Bertz CT molecular complexity index is 499. The van der Waals surface area contributed by atoms with Crippen molar-refractivity contribution < 1.29 is 0 Å². The van der Waals surface area contributed by atoms with Gasteiger partial charge in [-0.25, -0.2) is 0 Å². The fourth-order valence-electron chi connectivity index (χ4n) is 1.45. The summed E-state index contributed by atoms with van der Waals surface area (Å²) >= 11 is 0. The Balaban J connectivity index is 2.50. The Morgan fingerprint density at radius 1 is 1.40 bits per heavy atom. The second-order valence-electron chi connectivity index (χ2n) is 3.39. The third-order valence-electron chi connectivity index (χ3n) is 2.28. The lowest BCUT2D eigenvalue weighted by molar-refractivity contribution is 0.768. The number of rotatable bonds is 2. The number of nitrogen functional groups attached to an aromatic ring is 1. The fraction of sp³-hybridized carbons (Fsp3) is 0.0909. The molecule has 0 saturated heterocycles. The zero-order chi connectivity index (χ0) is 10.8. The zero-order valence-electron chi connectivity index (χ0n) is 8.44. The van der Waals surface area contributed by atoms with Crippen LogP contribution in [0.4, 0.5) is 5.69 Å². The number of benzene rings is 1. The first-order valence-corrected chi connectivity index (χ1v) is 4.60. The van der Waals surface area contributed by atoms with E-state index in [9.17, 15) is 0 Å². The molecule has 2 aromatic rings. The van der Waals surface area contributed by atoms with Crippen LogP contribution in [0.5, 0.6) is 0 Å². The maximum absolute atomic E-state index is 7.22. The Labute approximate surface area is 87.9 Å². The molecular formula is C11H12N4. The molecule has 3 N–H and O–H groups in total. The minimum atomic E-state index is 0.623. The molecule has 0 atom stereocenters. The number of aromatic nitrogens is 2. The summed E-state index contributed by atoms with van der Waals surface area (Å²) in [5.74, 6) is 0. The molecule has 4 heteroatoms. The van der Waals surface area contributed by atoms with Crippen molar-refractivity contribution in [3.63, 3.8) is 0 Å². The van der Waals surface area contributed by atoms with E-state index in [0.717, 1.165) is 16.7 Å². The van der Waals surface area contributed by atoms with Gasteiger partial charge in [0.1, 0.15) is 0 Å². The van der Waals surface area contributed by atoms with Gasteiger partial charge in [-0.05, 0) is 17.7 Å². The predicted octanol–water partition coefficient (Wildman–Crippen LogP) is 1.67. The SMILES string of the molecule is Cn1cc(-c2ccc(N)c(C=N)c2)cn1. The van der Waals surface area contributed by atoms with Gasteiger partial charge < -0.3 is 11.1 Å². The van der Waals surface area contributed by atoms with Crippen LogP contribution in [0.2, 0.25) is 0 Å². The maximum atomic E-state index is 7.22. The fourth-order valence-corrected chi connectivity index (χ4v) is 1.45. The average Bonchev–Trinajstić information content (AvgIpc) is 2.66. The summed E-state index contributed by atoms with van der Waals surface area (Å²) in [5.41, 5.74) is 9.12. The zero-order valence-corrected chi connectivity index (χ0v) is 8.44. The van der Waals surface area contributed by atoms with Crippen molar-refractivity contribution in [2.24, 2.45) is 7.05 Å². The van der Waals surface area contributed by atoms with E-state index in [4.69, 9.17) is 11.1 Å². The first-order valence-electron chi connectivity index (χ1n) is 4.60. The van der Waals surface area contributed by atoms with Crippen molar-refractivity contribution in [2.45, 2.75) is 0 Å². The second kappa shape index (κ2) is 3.57. The first kappa shape index (κ1) is 9.45. The van der Waals surface area contributed by atoms with E-state index >= 15 is 0 Å². The highest BCUT2D eigenvalue weighted by Crippen LogP contribution is 2.22. The van der Waals surface area contributed by atoms with Gasteiger partial charge in [-0.3, -0.25) is 4.68 Å². The molecule has 0 saturated carbocycles. The molecular weight excluding hydrogens is 188 g/mol. The lowest BCUT2D eigenvalue weighted by Gasteiger charge is -2.02. The predicted molar refractivity (Wildman–Crippen MR) is 60.9 cm³/mol. The Morgan fingerprint density at radius 3 is 2.80 bits per heavy atom. The molecule has 0 bridgehead atoms. The van der Waals surface area contributed by atoms with Gasteiger partial charge in [-0.1, -0.05) is 6.07 Å². The van der Waals surface area contributed by atoms with Crippen LogP contribution in [0.25, 0.3) is 11.1 Å². The maximum Gasteiger partial charge on any atom is 0.0568 e. The van der Waals surface area contributed by atoms with Crippen LogP contribution in [0.1, 0.15) is 5.56 Å². The summed E-state index contributed by atoms with van der Waals surface area (Å²) in [6, 6.07) is 5.63. The van der Waals surface area contributed by atoms with Crippen molar-refractivity contribution in [3.05, 3.63) is 36.2 Å². The molecule has 0 radical (unpaired) electrons. The molecule has 1 heterocycles. The summed E-state index contributed by atoms with van der Waals surface area (Å²) in [6.07, 6.45) is 4.98. The van der Waals surface area contributed by atoms with Crippen molar-refractivity contribution in [1.29, 1.82) is 5.41 Å². The van der Waals surface area contributed by atoms with Gasteiger partial charge >= 0.3 is 0 Å². The van der Waals surface area contributed by atoms with E-state index in [1.54, 1.807) is 10.9 Å². The smallest absolute Gasteiger partial charge is 0.0568 e. The molecule has 15 heavy (non-hydrogen) atoms. The minimum Gasteiger partial charge on any atom is -0.398 e. The number of aryl methyl sites for hydroxylation is 1. The molecule has 1 aromatic heterocycles. The van der Waals surface area contributed by atoms with Crippen LogP contribution in [-0.4, -0.2) is 16.0 Å². The van der Waals surface area contributed by atoms with Crippen LogP contribution < -0.4 is 5.73 Å². The van der Waals surface area contributed by atoms with Crippen molar-refractivity contribution in [2.75, 3.05) is 5.73 Å². The van der Waals surface area contributed by atoms with Crippen LogP contribution in [-0.2, 0) is 7.05 Å². The Kier molecular flexibility index (Phi) is 2.25. The van der Waals surface area contributed by atoms with Gasteiger partial charge in [0.05, 0.1) is 6.20 Å². The van der Waals surface area contributed by atoms with Crippen molar-refractivity contribution in [1.82, 2.24) is 9.78 Å². The van der Waals surface area contributed by atoms with E-state index < -0.39 is 0 Å². The summed E-state index contributed by atoms with van der Waals surface area (Å²) in [5, 5.41) is 11.3. The standard InChI is InChI=1S/C11H12N4/c1-15-7-10(6-14-15)8-2-3-11(13)9(4-8)5-12/h2-7,12H,13H2,1H3. The highest BCUT2D eigenvalue weighted by Gasteiger charge is 2.02. The van der Waals surface area contributed by atoms with Gasteiger partial charge in [0, 0.05) is 36.3 Å². The molecule has 0 fully saturated rings. The van der Waals surface area contributed by atoms with E-state index in [1.165, 1.54) is 6.21 Å². The van der Waals surface area contributed by atoms with Gasteiger partial charge in [0.15, 0.2) is 0 Å². The third-order valence-corrected chi connectivity index (χ3v) is 2.28. The molecule has 0 aliphatic heterocycles. The van der Waals surface area contributed by atoms with Gasteiger partial charge in [-0.15, -0.1) is 0 Å². The number of nitrogens with zero attached hydrogens (tertiary/aromatic N) is 2. The Hall–Kier alpha value is -2.10. The van der Waals surface area contributed by atoms with E-state index in [-0.39, 0.29) is 0 Å². The number of hydrogen-bond donors (Lipinski definition) is 2. The number of hydrogen-bond acceptors (Lipinski definition) is 3. The monoisotopic (exact) mass is 200 g/mol. The summed E-state index contributed by atoms with van der Waals surface area (Å²) in [4.78, 5) is 0. The molecule has 2 rings (SSSR count). The molecule has 76 valence electrons. The van der Waals surface area contributed by atoms with Gasteiger partial charge in [0.2, 0.25) is 0 Å². The molecule has 0 aliphatic rings. The van der Waals surface area contributed by atoms with E-state index in [1.807, 2.05) is 31.4 Å².